The molecule has 2 fully saturated rings. The van der Waals surface area contributed by atoms with E-state index in [1.807, 2.05) is 57.4 Å². The molecule has 2 saturated heterocycles. The van der Waals surface area contributed by atoms with Crippen LogP contribution in [0.15, 0.2) is 42.9 Å². The van der Waals surface area contributed by atoms with Gasteiger partial charge in [0.2, 0.25) is 5.88 Å². The highest BCUT2D eigenvalue weighted by atomic mass is 16.7. The lowest BCUT2D eigenvalue weighted by molar-refractivity contribution is -0.186. The van der Waals surface area contributed by atoms with Crippen LogP contribution in [0.3, 0.4) is 0 Å². The molecule has 30 heavy (non-hydrogen) atoms. The number of fused-ring (bicyclic) bond motifs is 3. The SMILES string of the molecule is C1COC2(CNC2)O1.CC.Cc1ccc(-n2cc3c(n2)-c2cccnc2OC3)nc1. The summed E-state index contributed by atoms with van der Waals surface area (Å²) >= 11 is 0. The Morgan fingerprint density at radius 3 is 2.50 bits per heavy atom. The number of aromatic nitrogens is 4. The van der Waals surface area contributed by atoms with E-state index in [0.717, 1.165) is 54.5 Å². The monoisotopic (exact) mass is 409 g/mol. The van der Waals surface area contributed by atoms with Crippen molar-refractivity contribution >= 4 is 0 Å². The van der Waals surface area contributed by atoms with Crippen LogP contribution in [-0.2, 0) is 16.1 Å². The van der Waals surface area contributed by atoms with E-state index >= 15 is 0 Å². The van der Waals surface area contributed by atoms with Crippen LogP contribution < -0.4 is 10.1 Å². The highest BCUT2D eigenvalue weighted by molar-refractivity contribution is 5.69. The second kappa shape index (κ2) is 8.91. The molecule has 8 heteroatoms. The van der Waals surface area contributed by atoms with E-state index in [4.69, 9.17) is 14.2 Å². The van der Waals surface area contributed by atoms with Crippen molar-refractivity contribution in [2.75, 3.05) is 26.3 Å². The Kier molecular flexibility index (Phi) is 6.08. The van der Waals surface area contributed by atoms with E-state index in [0.29, 0.717) is 12.5 Å². The van der Waals surface area contributed by atoms with E-state index in [1.165, 1.54) is 0 Å². The number of rotatable bonds is 1. The number of hydrogen-bond acceptors (Lipinski definition) is 7. The molecular weight excluding hydrogens is 382 g/mol. The quantitative estimate of drug-likeness (QED) is 0.662. The van der Waals surface area contributed by atoms with Crippen LogP contribution in [0, 0.1) is 6.92 Å². The van der Waals surface area contributed by atoms with Crippen LogP contribution in [0.2, 0.25) is 0 Å². The predicted molar refractivity (Wildman–Crippen MR) is 113 cm³/mol. The molecule has 0 radical (unpaired) electrons. The zero-order valence-corrected chi connectivity index (χ0v) is 17.6. The number of pyridine rings is 2. The van der Waals surface area contributed by atoms with Gasteiger partial charge >= 0.3 is 0 Å². The number of nitrogens with zero attached hydrogens (tertiary/aromatic N) is 4. The molecule has 6 heterocycles. The lowest BCUT2D eigenvalue weighted by atomic mass is 10.1. The fraction of sp³-hybridized carbons (Fsp3) is 0.409. The molecule has 0 unspecified atom stereocenters. The summed E-state index contributed by atoms with van der Waals surface area (Å²) in [5.41, 5.74) is 4.03. The molecule has 0 atom stereocenters. The largest absolute Gasteiger partial charge is 0.472 e. The smallest absolute Gasteiger partial charge is 0.223 e. The molecular formula is C22H27N5O3. The van der Waals surface area contributed by atoms with Crippen LogP contribution in [-0.4, -0.2) is 51.8 Å². The van der Waals surface area contributed by atoms with Gasteiger partial charge in [-0.3, -0.25) is 0 Å². The summed E-state index contributed by atoms with van der Waals surface area (Å²) in [6, 6.07) is 7.84. The summed E-state index contributed by atoms with van der Waals surface area (Å²) < 4.78 is 18.0. The van der Waals surface area contributed by atoms with Gasteiger partial charge in [0, 0.05) is 24.2 Å². The number of nitrogens with one attached hydrogen (secondary N) is 1. The second-order valence-corrected chi connectivity index (χ2v) is 7.00. The zero-order chi connectivity index (χ0) is 21.0. The molecule has 0 aromatic carbocycles. The van der Waals surface area contributed by atoms with Crippen molar-refractivity contribution in [2.45, 2.75) is 33.2 Å². The minimum Gasteiger partial charge on any atom is -0.472 e. The van der Waals surface area contributed by atoms with Crippen molar-refractivity contribution in [3.8, 4) is 23.0 Å². The van der Waals surface area contributed by atoms with Crippen molar-refractivity contribution in [1.29, 1.82) is 0 Å². The first kappa shape index (κ1) is 20.5. The summed E-state index contributed by atoms with van der Waals surface area (Å²) in [4.78, 5) is 8.62. The molecule has 3 aromatic heterocycles. The van der Waals surface area contributed by atoms with E-state index < -0.39 is 0 Å². The van der Waals surface area contributed by atoms with Crippen LogP contribution in [0.5, 0.6) is 5.88 Å². The Balaban J connectivity index is 0.000000181. The maximum Gasteiger partial charge on any atom is 0.223 e. The van der Waals surface area contributed by atoms with E-state index in [1.54, 1.807) is 10.9 Å². The maximum atomic E-state index is 5.63. The van der Waals surface area contributed by atoms with E-state index in [2.05, 4.69) is 20.4 Å². The highest BCUT2D eigenvalue weighted by Gasteiger charge is 2.42. The summed E-state index contributed by atoms with van der Waals surface area (Å²) in [7, 11) is 0. The number of hydrogen-bond donors (Lipinski definition) is 1. The molecule has 0 amide bonds. The summed E-state index contributed by atoms with van der Waals surface area (Å²) in [5, 5.41) is 7.72. The van der Waals surface area contributed by atoms with Gasteiger partial charge in [0.1, 0.15) is 12.3 Å². The normalized spacial score (nSPS) is 17.3. The minimum atomic E-state index is -0.194. The van der Waals surface area contributed by atoms with Gasteiger partial charge in [0.25, 0.3) is 0 Å². The Hall–Kier alpha value is -2.81. The fourth-order valence-corrected chi connectivity index (χ4v) is 3.32. The molecule has 158 valence electrons. The van der Waals surface area contributed by atoms with Crippen molar-refractivity contribution in [3.05, 3.63) is 54.0 Å². The van der Waals surface area contributed by atoms with Crippen LogP contribution in [0.1, 0.15) is 25.0 Å². The fourth-order valence-electron chi connectivity index (χ4n) is 3.32. The van der Waals surface area contributed by atoms with Gasteiger partial charge in [-0.15, -0.1) is 0 Å². The number of ether oxygens (including phenoxy) is 3. The van der Waals surface area contributed by atoms with Crippen LogP contribution >= 0.6 is 0 Å². The van der Waals surface area contributed by atoms with Gasteiger partial charge in [0.15, 0.2) is 11.6 Å². The van der Waals surface area contributed by atoms with Gasteiger partial charge in [-0.05, 0) is 30.7 Å². The molecule has 3 aliphatic rings. The van der Waals surface area contributed by atoms with Crippen molar-refractivity contribution in [2.24, 2.45) is 0 Å². The molecule has 6 rings (SSSR count). The third kappa shape index (κ3) is 4.07. The average molecular weight is 409 g/mol. The van der Waals surface area contributed by atoms with Crippen LogP contribution in [0.4, 0.5) is 0 Å². The average Bonchev–Trinajstić information content (AvgIpc) is 3.44. The Morgan fingerprint density at radius 1 is 1.07 bits per heavy atom. The first-order valence-electron chi connectivity index (χ1n) is 10.3. The van der Waals surface area contributed by atoms with Crippen molar-refractivity contribution < 1.29 is 14.2 Å². The second-order valence-electron chi connectivity index (χ2n) is 7.00. The molecule has 8 nitrogen and oxygen atoms in total. The molecule has 3 aliphatic heterocycles. The number of aryl methyl sites for hydroxylation is 1. The molecule has 0 aliphatic carbocycles. The van der Waals surface area contributed by atoms with E-state index in [9.17, 15) is 0 Å². The topological polar surface area (TPSA) is 83.3 Å². The van der Waals surface area contributed by atoms with Gasteiger partial charge in [0.05, 0.1) is 31.9 Å². The van der Waals surface area contributed by atoms with Crippen LogP contribution in [0.25, 0.3) is 17.1 Å². The summed E-state index contributed by atoms with van der Waals surface area (Å²) in [5.74, 6) is 1.25. The van der Waals surface area contributed by atoms with Gasteiger partial charge < -0.3 is 19.5 Å². The molecule has 0 saturated carbocycles. The third-order valence-electron chi connectivity index (χ3n) is 4.91. The predicted octanol–water partition coefficient (Wildman–Crippen LogP) is 2.89. The van der Waals surface area contributed by atoms with E-state index in [-0.39, 0.29) is 5.79 Å². The molecule has 0 bridgehead atoms. The van der Waals surface area contributed by atoms with Crippen molar-refractivity contribution in [3.63, 3.8) is 0 Å². The Morgan fingerprint density at radius 2 is 1.87 bits per heavy atom. The maximum absolute atomic E-state index is 5.63. The van der Waals surface area contributed by atoms with Gasteiger partial charge in [-0.1, -0.05) is 19.9 Å². The Labute approximate surface area is 176 Å². The first-order chi connectivity index (χ1) is 14.7. The first-order valence-corrected chi connectivity index (χ1v) is 10.3. The lowest BCUT2D eigenvalue weighted by Crippen LogP contribution is -2.60. The van der Waals surface area contributed by atoms with Gasteiger partial charge in [-0.2, -0.15) is 5.10 Å². The summed E-state index contributed by atoms with van der Waals surface area (Å²) in [6.45, 7) is 9.77. The van der Waals surface area contributed by atoms with Crippen molar-refractivity contribution in [1.82, 2.24) is 25.1 Å². The third-order valence-corrected chi connectivity index (χ3v) is 4.91. The molecule has 3 aromatic rings. The lowest BCUT2D eigenvalue weighted by Gasteiger charge is -2.36. The standard InChI is InChI=1S/C15H12N4O.C5H9NO2.C2H6/c1-10-4-5-13(17-7-10)19-8-11-9-20-15-12(14(11)18-19)3-2-6-16-15;1-2-8-5(7-1)3-6-4-5;1-2/h2-8H,9H2,1H3;6H,1-4H2;1-2H3. The zero-order valence-electron chi connectivity index (χ0n) is 17.6. The molecule has 1 N–H and O–H groups in total. The summed E-state index contributed by atoms with van der Waals surface area (Å²) in [6.07, 6.45) is 5.52. The Bertz CT molecular complexity index is 975. The highest BCUT2D eigenvalue weighted by Crippen LogP contribution is 2.34. The molecule has 1 spiro atoms. The van der Waals surface area contributed by atoms with Gasteiger partial charge in [-0.25, -0.2) is 14.6 Å². The minimum absolute atomic E-state index is 0.194.